The fraction of sp³-hybridized carbons (Fsp3) is 0.278. The van der Waals surface area contributed by atoms with Crippen molar-refractivity contribution in [1.82, 2.24) is 15.3 Å². The van der Waals surface area contributed by atoms with E-state index < -0.39 is 0 Å². The Morgan fingerprint density at radius 3 is 2.71 bits per heavy atom. The molecular formula is C18H19N3O2S. The number of rotatable bonds is 6. The lowest BCUT2D eigenvalue weighted by Gasteiger charge is -2.02. The maximum absolute atomic E-state index is 12.1. The van der Waals surface area contributed by atoms with E-state index in [1.807, 2.05) is 49.6 Å². The zero-order chi connectivity index (χ0) is 16.9. The van der Waals surface area contributed by atoms with Crippen LogP contribution in [0.15, 0.2) is 40.1 Å². The van der Waals surface area contributed by atoms with Crippen molar-refractivity contribution < 1.29 is 9.21 Å². The molecule has 24 heavy (non-hydrogen) atoms. The molecule has 0 atom stereocenters. The second-order valence-corrected chi connectivity index (χ2v) is 6.58. The van der Waals surface area contributed by atoms with Gasteiger partial charge in [-0.1, -0.05) is 18.2 Å². The van der Waals surface area contributed by atoms with Crippen LogP contribution >= 0.6 is 11.3 Å². The normalized spacial score (nSPS) is 10.8. The molecule has 3 aromatic rings. The van der Waals surface area contributed by atoms with E-state index in [1.54, 1.807) is 11.3 Å². The molecule has 0 radical (unpaired) electrons. The van der Waals surface area contributed by atoms with Crippen LogP contribution in [-0.2, 0) is 17.6 Å². The van der Waals surface area contributed by atoms with Gasteiger partial charge in [-0.25, -0.2) is 9.97 Å². The summed E-state index contributed by atoms with van der Waals surface area (Å²) in [5, 5.41) is 5.98. The van der Waals surface area contributed by atoms with E-state index in [2.05, 4.69) is 15.3 Å². The third kappa shape index (κ3) is 4.08. The molecule has 0 unspecified atom stereocenters. The quantitative estimate of drug-likeness (QED) is 0.747. The van der Waals surface area contributed by atoms with E-state index in [4.69, 9.17) is 4.42 Å². The topological polar surface area (TPSA) is 68.0 Å². The highest BCUT2D eigenvalue weighted by Gasteiger charge is 2.14. The molecule has 5 nitrogen and oxygen atoms in total. The first-order valence-electron chi connectivity index (χ1n) is 7.81. The van der Waals surface area contributed by atoms with E-state index in [-0.39, 0.29) is 12.3 Å². The highest BCUT2D eigenvalue weighted by Crippen LogP contribution is 2.21. The van der Waals surface area contributed by atoms with Crippen molar-refractivity contribution >= 4 is 17.2 Å². The summed E-state index contributed by atoms with van der Waals surface area (Å²) in [5.74, 6) is 1.17. The molecule has 1 N–H and O–H groups in total. The molecule has 0 fully saturated rings. The van der Waals surface area contributed by atoms with Crippen LogP contribution in [0, 0.1) is 13.8 Å². The first-order valence-corrected chi connectivity index (χ1v) is 8.69. The molecule has 0 aliphatic heterocycles. The Labute approximate surface area is 144 Å². The van der Waals surface area contributed by atoms with Gasteiger partial charge in [0, 0.05) is 23.9 Å². The van der Waals surface area contributed by atoms with Crippen LogP contribution < -0.4 is 5.32 Å². The summed E-state index contributed by atoms with van der Waals surface area (Å²) < 4.78 is 5.68. The van der Waals surface area contributed by atoms with Crippen molar-refractivity contribution in [3.05, 3.63) is 57.9 Å². The summed E-state index contributed by atoms with van der Waals surface area (Å²) in [6, 6.07) is 9.68. The van der Waals surface area contributed by atoms with Crippen LogP contribution in [-0.4, -0.2) is 22.4 Å². The van der Waals surface area contributed by atoms with E-state index >= 15 is 0 Å². The number of benzene rings is 1. The number of oxazole rings is 1. The van der Waals surface area contributed by atoms with Crippen molar-refractivity contribution in [3.63, 3.8) is 0 Å². The smallest absolute Gasteiger partial charge is 0.226 e. The predicted octanol–water partition coefficient (Wildman–Crippen LogP) is 3.32. The van der Waals surface area contributed by atoms with Crippen LogP contribution in [0.1, 0.15) is 22.2 Å². The lowest BCUT2D eigenvalue weighted by molar-refractivity contribution is -0.120. The minimum atomic E-state index is -0.0574. The lowest BCUT2D eigenvalue weighted by Crippen LogP contribution is -2.27. The van der Waals surface area contributed by atoms with Gasteiger partial charge in [-0.2, -0.15) is 0 Å². The number of hydrogen-bond donors (Lipinski definition) is 1. The second kappa shape index (κ2) is 7.40. The summed E-state index contributed by atoms with van der Waals surface area (Å²) in [5.41, 5.74) is 2.60. The lowest BCUT2D eigenvalue weighted by atomic mass is 10.2. The average Bonchev–Trinajstić information content (AvgIpc) is 3.15. The molecule has 6 heteroatoms. The molecule has 0 aliphatic rings. The molecule has 0 aliphatic carbocycles. The first kappa shape index (κ1) is 16.4. The fourth-order valence-electron chi connectivity index (χ4n) is 2.36. The van der Waals surface area contributed by atoms with Gasteiger partial charge in [0.15, 0.2) is 0 Å². The zero-order valence-corrected chi connectivity index (χ0v) is 14.5. The Morgan fingerprint density at radius 1 is 1.21 bits per heavy atom. The number of nitrogens with one attached hydrogen (secondary N) is 1. The molecule has 0 saturated carbocycles. The van der Waals surface area contributed by atoms with Crippen molar-refractivity contribution in [1.29, 1.82) is 0 Å². The molecule has 2 heterocycles. The number of aromatic nitrogens is 2. The summed E-state index contributed by atoms with van der Waals surface area (Å²) in [6.07, 6.45) is 0.960. The van der Waals surface area contributed by atoms with Crippen LogP contribution in [0.2, 0.25) is 0 Å². The number of hydrogen-bond acceptors (Lipinski definition) is 5. The van der Waals surface area contributed by atoms with Crippen molar-refractivity contribution in [2.75, 3.05) is 6.54 Å². The molecule has 3 rings (SSSR count). The van der Waals surface area contributed by atoms with Crippen molar-refractivity contribution in [2.24, 2.45) is 0 Å². The average molecular weight is 341 g/mol. The van der Waals surface area contributed by atoms with Gasteiger partial charge in [-0.15, -0.1) is 11.3 Å². The van der Waals surface area contributed by atoms with Gasteiger partial charge < -0.3 is 9.73 Å². The predicted molar refractivity (Wildman–Crippen MR) is 93.9 cm³/mol. The highest BCUT2D eigenvalue weighted by atomic mass is 32.1. The van der Waals surface area contributed by atoms with Gasteiger partial charge in [0.1, 0.15) is 5.76 Å². The van der Waals surface area contributed by atoms with E-state index in [1.165, 1.54) is 0 Å². The number of nitrogens with zero attached hydrogens (tertiary/aromatic N) is 2. The maximum Gasteiger partial charge on any atom is 0.226 e. The minimum absolute atomic E-state index is 0.0574. The first-order chi connectivity index (χ1) is 11.6. The Morgan fingerprint density at radius 2 is 2.00 bits per heavy atom. The van der Waals surface area contributed by atoms with Gasteiger partial charge in [-0.3, -0.25) is 4.79 Å². The van der Waals surface area contributed by atoms with E-state index in [0.717, 1.165) is 22.7 Å². The highest BCUT2D eigenvalue weighted by molar-refractivity contribution is 7.09. The van der Waals surface area contributed by atoms with Gasteiger partial charge in [0.05, 0.1) is 22.8 Å². The molecule has 1 aromatic carbocycles. The third-order valence-corrected chi connectivity index (χ3v) is 4.43. The Bertz CT molecular complexity index is 824. The number of carbonyl (C=O) groups excluding carboxylic acids is 1. The van der Waals surface area contributed by atoms with Crippen molar-refractivity contribution in [2.45, 2.75) is 26.7 Å². The standard InChI is InChI=1S/C18H19N3O2S/c1-12-16(21-18(23-12)14-6-4-3-5-7-14)10-17(22)19-9-8-15-11-24-13(2)20-15/h3-7,11H,8-10H2,1-2H3,(H,19,22). The molecule has 2 aromatic heterocycles. The van der Waals surface area contributed by atoms with Gasteiger partial charge in [0.2, 0.25) is 11.8 Å². The monoisotopic (exact) mass is 341 g/mol. The zero-order valence-electron chi connectivity index (χ0n) is 13.7. The Hall–Kier alpha value is -2.47. The van der Waals surface area contributed by atoms with Crippen LogP contribution in [0.5, 0.6) is 0 Å². The Kier molecular flexibility index (Phi) is 5.05. The SMILES string of the molecule is Cc1nc(CCNC(=O)Cc2nc(-c3ccccc3)oc2C)cs1. The van der Waals surface area contributed by atoms with E-state index in [0.29, 0.717) is 23.9 Å². The van der Waals surface area contributed by atoms with Gasteiger partial charge in [0.25, 0.3) is 0 Å². The summed E-state index contributed by atoms with van der Waals surface area (Å²) in [4.78, 5) is 20.9. The number of aryl methyl sites for hydroxylation is 2. The molecular weight excluding hydrogens is 322 g/mol. The van der Waals surface area contributed by atoms with Crippen LogP contribution in [0.4, 0.5) is 0 Å². The third-order valence-electron chi connectivity index (χ3n) is 3.61. The van der Waals surface area contributed by atoms with Crippen LogP contribution in [0.3, 0.4) is 0 Å². The Balaban J connectivity index is 1.55. The molecule has 0 spiro atoms. The summed E-state index contributed by atoms with van der Waals surface area (Å²) in [6.45, 7) is 4.38. The number of thiazole rings is 1. The molecule has 0 bridgehead atoms. The molecule has 124 valence electrons. The summed E-state index contributed by atoms with van der Waals surface area (Å²) in [7, 11) is 0. The van der Waals surface area contributed by atoms with Gasteiger partial charge in [-0.05, 0) is 26.0 Å². The fourth-order valence-corrected chi connectivity index (χ4v) is 3.01. The summed E-state index contributed by atoms with van der Waals surface area (Å²) >= 11 is 1.62. The van der Waals surface area contributed by atoms with Crippen LogP contribution in [0.25, 0.3) is 11.5 Å². The van der Waals surface area contributed by atoms with Gasteiger partial charge >= 0.3 is 0 Å². The number of carbonyl (C=O) groups is 1. The molecule has 0 saturated heterocycles. The largest absolute Gasteiger partial charge is 0.441 e. The minimum Gasteiger partial charge on any atom is -0.441 e. The van der Waals surface area contributed by atoms with E-state index in [9.17, 15) is 4.79 Å². The second-order valence-electron chi connectivity index (χ2n) is 5.52. The van der Waals surface area contributed by atoms with Crippen molar-refractivity contribution in [3.8, 4) is 11.5 Å². The molecule has 1 amide bonds. The maximum atomic E-state index is 12.1. The number of amides is 1.